The Morgan fingerprint density at radius 3 is 2.62 bits per heavy atom. The van der Waals surface area contributed by atoms with Crippen LogP contribution >= 0.6 is 0 Å². The first-order chi connectivity index (χ1) is 14.1. The molecule has 1 aromatic rings. The molecule has 29 heavy (non-hydrogen) atoms. The lowest BCUT2D eigenvalue weighted by Gasteiger charge is -2.15. The second kappa shape index (κ2) is 11.4. The predicted molar refractivity (Wildman–Crippen MR) is 120 cm³/mol. The fourth-order valence-corrected chi connectivity index (χ4v) is 3.48. The van der Waals surface area contributed by atoms with E-state index in [1.54, 1.807) is 0 Å². The Kier molecular flexibility index (Phi) is 8.62. The van der Waals surface area contributed by atoms with Crippen molar-refractivity contribution in [2.45, 2.75) is 45.6 Å². The average molecular weight is 403 g/mol. The van der Waals surface area contributed by atoms with Crippen molar-refractivity contribution in [1.82, 2.24) is 10.2 Å². The van der Waals surface area contributed by atoms with Crippen LogP contribution in [0, 0.1) is 11.8 Å². The zero-order valence-electron chi connectivity index (χ0n) is 18.3. The zero-order valence-corrected chi connectivity index (χ0v) is 18.3. The number of nitrogens with zero attached hydrogens (tertiary/aromatic N) is 2. The quantitative estimate of drug-likeness (QED) is 0.336. The van der Waals surface area contributed by atoms with Gasteiger partial charge in [-0.05, 0) is 89.2 Å². The number of nitrogens with one attached hydrogen (secondary N) is 2. The normalized spacial score (nSPS) is 20.3. The molecule has 0 spiro atoms. The molecule has 0 radical (unpaired) electrons. The molecule has 1 unspecified atom stereocenters. The lowest BCUT2D eigenvalue weighted by atomic mass is 10.1. The van der Waals surface area contributed by atoms with Crippen molar-refractivity contribution in [3.05, 3.63) is 24.3 Å². The summed E-state index contributed by atoms with van der Waals surface area (Å²) in [4.78, 5) is 7.24. The SMILES string of the molecule is CC(C)Oc1ccc(NC(=NCC2CCN(C)C2)NCCCOCC2CC2)cc1. The summed E-state index contributed by atoms with van der Waals surface area (Å²) in [6, 6.07) is 8.07. The zero-order chi connectivity index (χ0) is 20.5. The average Bonchev–Trinajstić information content (AvgIpc) is 3.43. The third-order valence-electron chi connectivity index (χ3n) is 5.29. The first-order valence-electron chi connectivity index (χ1n) is 11.2. The van der Waals surface area contributed by atoms with Gasteiger partial charge in [0.25, 0.3) is 0 Å². The molecule has 1 saturated heterocycles. The second-order valence-corrected chi connectivity index (χ2v) is 8.72. The van der Waals surface area contributed by atoms with Gasteiger partial charge in [0.2, 0.25) is 0 Å². The van der Waals surface area contributed by atoms with Crippen LogP contribution in [0.3, 0.4) is 0 Å². The van der Waals surface area contributed by atoms with Gasteiger partial charge in [0.05, 0.1) is 6.10 Å². The van der Waals surface area contributed by atoms with Crippen molar-refractivity contribution in [3.8, 4) is 5.75 Å². The van der Waals surface area contributed by atoms with Crippen LogP contribution in [0.5, 0.6) is 5.75 Å². The van der Waals surface area contributed by atoms with Crippen LogP contribution in [0.15, 0.2) is 29.3 Å². The number of hydrogen-bond donors (Lipinski definition) is 2. The van der Waals surface area contributed by atoms with E-state index in [1.807, 2.05) is 38.1 Å². The molecule has 6 nitrogen and oxygen atoms in total. The Bertz CT molecular complexity index is 628. The molecule has 2 fully saturated rings. The smallest absolute Gasteiger partial charge is 0.195 e. The highest BCUT2D eigenvalue weighted by atomic mass is 16.5. The highest BCUT2D eigenvalue weighted by Gasteiger charge is 2.21. The van der Waals surface area contributed by atoms with Gasteiger partial charge in [-0.3, -0.25) is 4.99 Å². The number of hydrogen-bond acceptors (Lipinski definition) is 4. The van der Waals surface area contributed by atoms with Crippen molar-refractivity contribution in [3.63, 3.8) is 0 Å². The lowest BCUT2D eigenvalue weighted by Crippen LogP contribution is -2.33. The predicted octanol–water partition coefficient (Wildman–Crippen LogP) is 3.60. The molecule has 3 rings (SSSR count). The maximum atomic E-state index is 5.74. The second-order valence-electron chi connectivity index (χ2n) is 8.72. The van der Waals surface area contributed by atoms with Crippen LogP contribution in [0.4, 0.5) is 5.69 Å². The summed E-state index contributed by atoms with van der Waals surface area (Å²) in [6.07, 6.45) is 5.08. The molecular weight excluding hydrogens is 364 g/mol. The molecule has 1 aliphatic heterocycles. The molecule has 0 bridgehead atoms. The van der Waals surface area contributed by atoms with Gasteiger partial charge in [0, 0.05) is 38.5 Å². The summed E-state index contributed by atoms with van der Waals surface area (Å²) in [5, 5.41) is 6.91. The van der Waals surface area contributed by atoms with E-state index >= 15 is 0 Å². The summed E-state index contributed by atoms with van der Waals surface area (Å²) in [5.41, 5.74) is 1.01. The molecule has 1 aromatic carbocycles. The molecular formula is C23H38N4O2. The molecule has 2 aliphatic rings. The van der Waals surface area contributed by atoms with Crippen molar-refractivity contribution in [2.75, 3.05) is 51.8 Å². The van der Waals surface area contributed by atoms with Crippen LogP contribution in [0.25, 0.3) is 0 Å². The third-order valence-corrected chi connectivity index (χ3v) is 5.29. The first kappa shape index (κ1) is 21.9. The number of likely N-dealkylation sites (tertiary alicyclic amines) is 1. The minimum absolute atomic E-state index is 0.180. The van der Waals surface area contributed by atoms with E-state index in [1.165, 1.54) is 25.8 Å². The Hall–Kier alpha value is -1.79. The minimum Gasteiger partial charge on any atom is -0.491 e. The molecule has 0 aromatic heterocycles. The molecule has 2 N–H and O–H groups in total. The fourth-order valence-electron chi connectivity index (χ4n) is 3.48. The van der Waals surface area contributed by atoms with E-state index in [0.29, 0.717) is 5.92 Å². The van der Waals surface area contributed by atoms with E-state index in [9.17, 15) is 0 Å². The largest absolute Gasteiger partial charge is 0.491 e. The number of rotatable bonds is 11. The Labute approximate surface area is 176 Å². The van der Waals surface area contributed by atoms with Gasteiger partial charge in [-0.2, -0.15) is 0 Å². The van der Waals surface area contributed by atoms with Crippen molar-refractivity contribution < 1.29 is 9.47 Å². The maximum absolute atomic E-state index is 5.74. The number of ether oxygens (including phenoxy) is 2. The molecule has 1 aliphatic carbocycles. The van der Waals surface area contributed by atoms with Gasteiger partial charge in [-0.1, -0.05) is 0 Å². The van der Waals surface area contributed by atoms with E-state index < -0.39 is 0 Å². The molecule has 6 heteroatoms. The summed E-state index contributed by atoms with van der Waals surface area (Å²) < 4.78 is 11.5. The van der Waals surface area contributed by atoms with Crippen LogP contribution in [-0.4, -0.2) is 63.4 Å². The van der Waals surface area contributed by atoms with Crippen LogP contribution in [-0.2, 0) is 4.74 Å². The lowest BCUT2D eigenvalue weighted by molar-refractivity contribution is 0.123. The molecule has 1 saturated carbocycles. The molecule has 162 valence electrons. The van der Waals surface area contributed by atoms with E-state index in [4.69, 9.17) is 14.5 Å². The standard InChI is InChI=1S/C23H38N4O2/c1-18(2)29-22-9-7-21(8-10-22)26-23(25-15-20-11-13-27(3)16-20)24-12-4-14-28-17-19-5-6-19/h7-10,18-20H,4-6,11-17H2,1-3H3,(H2,24,25,26). The molecule has 1 atom stereocenters. The highest BCUT2D eigenvalue weighted by Crippen LogP contribution is 2.28. The number of aliphatic imine (C=N–C) groups is 1. The van der Waals surface area contributed by atoms with Crippen molar-refractivity contribution in [1.29, 1.82) is 0 Å². The number of benzene rings is 1. The third kappa shape index (κ3) is 8.62. The van der Waals surface area contributed by atoms with Gasteiger partial charge in [-0.25, -0.2) is 0 Å². The van der Waals surface area contributed by atoms with Crippen LogP contribution < -0.4 is 15.4 Å². The number of guanidine groups is 1. The summed E-state index contributed by atoms with van der Waals surface area (Å²) >= 11 is 0. The van der Waals surface area contributed by atoms with E-state index in [-0.39, 0.29) is 6.10 Å². The van der Waals surface area contributed by atoms with Crippen LogP contribution in [0.2, 0.25) is 0 Å². The minimum atomic E-state index is 0.180. The van der Waals surface area contributed by atoms with E-state index in [2.05, 4.69) is 22.6 Å². The number of anilines is 1. The van der Waals surface area contributed by atoms with Gasteiger partial charge in [0.1, 0.15) is 5.75 Å². The Morgan fingerprint density at radius 1 is 1.17 bits per heavy atom. The van der Waals surface area contributed by atoms with Gasteiger partial charge in [0.15, 0.2) is 5.96 Å². The summed E-state index contributed by atoms with van der Waals surface area (Å²) in [6.45, 7) is 9.83. The Morgan fingerprint density at radius 2 is 1.97 bits per heavy atom. The van der Waals surface area contributed by atoms with Gasteiger partial charge < -0.3 is 25.0 Å². The first-order valence-corrected chi connectivity index (χ1v) is 11.2. The van der Waals surface area contributed by atoms with Gasteiger partial charge in [-0.15, -0.1) is 0 Å². The van der Waals surface area contributed by atoms with Crippen molar-refractivity contribution in [2.24, 2.45) is 16.8 Å². The maximum Gasteiger partial charge on any atom is 0.195 e. The summed E-state index contributed by atoms with van der Waals surface area (Å²) in [5.74, 6) is 3.20. The highest BCUT2D eigenvalue weighted by molar-refractivity contribution is 5.93. The fraction of sp³-hybridized carbons (Fsp3) is 0.696. The van der Waals surface area contributed by atoms with Crippen LogP contribution in [0.1, 0.15) is 39.5 Å². The van der Waals surface area contributed by atoms with E-state index in [0.717, 1.165) is 62.6 Å². The van der Waals surface area contributed by atoms with Crippen molar-refractivity contribution >= 4 is 11.6 Å². The van der Waals surface area contributed by atoms with Gasteiger partial charge >= 0.3 is 0 Å². The Balaban J connectivity index is 1.48. The molecule has 0 amide bonds. The topological polar surface area (TPSA) is 58.1 Å². The summed E-state index contributed by atoms with van der Waals surface area (Å²) in [7, 11) is 2.18. The monoisotopic (exact) mass is 402 g/mol. The molecule has 1 heterocycles.